The SMILES string of the molecule is CC(C)(C)OC(=O)CNc1scc(Br)c1CC(=O)O. The van der Waals surface area contributed by atoms with Crippen LogP contribution in [0.3, 0.4) is 0 Å². The number of anilines is 1. The summed E-state index contributed by atoms with van der Waals surface area (Å²) in [6, 6.07) is 0. The third-order valence-electron chi connectivity index (χ3n) is 1.98. The molecule has 0 fully saturated rings. The second-order valence-corrected chi connectivity index (χ2v) is 6.64. The highest BCUT2D eigenvalue weighted by Crippen LogP contribution is 2.32. The van der Waals surface area contributed by atoms with E-state index in [0.717, 1.165) is 4.47 Å². The van der Waals surface area contributed by atoms with E-state index in [2.05, 4.69) is 21.2 Å². The highest BCUT2D eigenvalue weighted by molar-refractivity contribution is 9.10. The van der Waals surface area contributed by atoms with Gasteiger partial charge in [-0.1, -0.05) is 0 Å². The molecule has 7 heteroatoms. The normalized spacial score (nSPS) is 11.2. The Labute approximate surface area is 124 Å². The predicted molar refractivity (Wildman–Crippen MR) is 77.7 cm³/mol. The van der Waals surface area contributed by atoms with Crippen LogP contribution in [0.25, 0.3) is 0 Å². The maximum atomic E-state index is 11.6. The molecule has 0 aliphatic heterocycles. The number of carboxylic acid groups (broad SMARTS) is 1. The van der Waals surface area contributed by atoms with E-state index in [-0.39, 0.29) is 18.9 Å². The molecule has 1 heterocycles. The minimum absolute atomic E-state index is 0.0108. The number of ether oxygens (including phenoxy) is 1. The van der Waals surface area contributed by atoms with Gasteiger partial charge in [0.05, 0.1) is 11.4 Å². The van der Waals surface area contributed by atoms with E-state index in [1.165, 1.54) is 11.3 Å². The van der Waals surface area contributed by atoms with Crippen LogP contribution in [-0.4, -0.2) is 29.2 Å². The van der Waals surface area contributed by atoms with Gasteiger partial charge >= 0.3 is 11.9 Å². The van der Waals surface area contributed by atoms with Crippen LogP contribution < -0.4 is 5.32 Å². The van der Waals surface area contributed by atoms with E-state index >= 15 is 0 Å². The first kappa shape index (κ1) is 16.0. The minimum Gasteiger partial charge on any atom is -0.481 e. The molecule has 0 unspecified atom stereocenters. The van der Waals surface area contributed by atoms with Crippen molar-refractivity contribution in [1.82, 2.24) is 0 Å². The van der Waals surface area contributed by atoms with Gasteiger partial charge in [0.1, 0.15) is 12.1 Å². The van der Waals surface area contributed by atoms with Gasteiger partial charge in [-0.05, 0) is 36.7 Å². The van der Waals surface area contributed by atoms with Crippen LogP contribution in [0.1, 0.15) is 26.3 Å². The summed E-state index contributed by atoms with van der Waals surface area (Å²) >= 11 is 4.64. The Kier molecular flexibility index (Phi) is 5.37. The van der Waals surface area contributed by atoms with Crippen LogP contribution in [0.15, 0.2) is 9.85 Å². The van der Waals surface area contributed by atoms with Crippen molar-refractivity contribution in [2.75, 3.05) is 11.9 Å². The summed E-state index contributed by atoms with van der Waals surface area (Å²) in [5, 5.41) is 14.2. The van der Waals surface area contributed by atoms with Gasteiger partial charge in [0.15, 0.2) is 0 Å². The molecule has 0 aliphatic rings. The molecular weight excluding hydrogens is 334 g/mol. The molecule has 1 rings (SSSR count). The van der Waals surface area contributed by atoms with E-state index in [0.29, 0.717) is 10.6 Å². The first-order valence-electron chi connectivity index (χ1n) is 5.62. The van der Waals surface area contributed by atoms with E-state index < -0.39 is 11.6 Å². The fraction of sp³-hybridized carbons (Fsp3) is 0.500. The number of halogens is 1. The third kappa shape index (κ3) is 5.61. The summed E-state index contributed by atoms with van der Waals surface area (Å²) in [6.45, 7) is 5.39. The summed E-state index contributed by atoms with van der Waals surface area (Å²) < 4.78 is 5.89. The van der Waals surface area contributed by atoms with Gasteiger partial charge < -0.3 is 15.2 Å². The van der Waals surface area contributed by atoms with E-state index in [1.54, 1.807) is 26.2 Å². The number of hydrogen-bond acceptors (Lipinski definition) is 5. The first-order valence-corrected chi connectivity index (χ1v) is 7.29. The van der Waals surface area contributed by atoms with Gasteiger partial charge in [-0.3, -0.25) is 9.59 Å². The number of hydrogen-bond donors (Lipinski definition) is 2. The van der Waals surface area contributed by atoms with Crippen molar-refractivity contribution in [3.8, 4) is 0 Å². The minimum atomic E-state index is -0.917. The molecule has 2 N–H and O–H groups in total. The number of aliphatic carboxylic acids is 1. The highest BCUT2D eigenvalue weighted by atomic mass is 79.9. The summed E-state index contributed by atoms with van der Waals surface area (Å²) in [5.74, 6) is -1.29. The molecule has 0 atom stereocenters. The van der Waals surface area contributed by atoms with Gasteiger partial charge in [-0.25, -0.2) is 0 Å². The van der Waals surface area contributed by atoms with Crippen molar-refractivity contribution in [1.29, 1.82) is 0 Å². The first-order chi connectivity index (χ1) is 8.69. The zero-order chi connectivity index (χ0) is 14.6. The van der Waals surface area contributed by atoms with Crippen LogP contribution in [0, 0.1) is 0 Å². The lowest BCUT2D eigenvalue weighted by molar-refractivity contribution is -0.152. The molecule has 106 valence electrons. The lowest BCUT2D eigenvalue weighted by atomic mass is 10.2. The molecule has 1 aromatic heterocycles. The smallest absolute Gasteiger partial charge is 0.325 e. The Balaban J connectivity index is 2.63. The Morgan fingerprint density at radius 1 is 1.47 bits per heavy atom. The fourth-order valence-corrected chi connectivity index (χ4v) is 2.95. The summed E-state index contributed by atoms with van der Waals surface area (Å²) in [4.78, 5) is 22.3. The highest BCUT2D eigenvalue weighted by Gasteiger charge is 2.18. The number of nitrogens with one attached hydrogen (secondary N) is 1. The zero-order valence-corrected chi connectivity index (χ0v) is 13.4. The van der Waals surface area contributed by atoms with Crippen molar-refractivity contribution in [3.63, 3.8) is 0 Å². The third-order valence-corrected chi connectivity index (χ3v) is 3.97. The number of carboxylic acids is 1. The largest absolute Gasteiger partial charge is 0.481 e. The Bertz CT molecular complexity index is 479. The lowest BCUT2D eigenvalue weighted by Crippen LogP contribution is -2.28. The van der Waals surface area contributed by atoms with E-state index in [1.807, 2.05) is 0 Å². The molecule has 0 aliphatic carbocycles. The average Bonchev–Trinajstić information content (AvgIpc) is 2.54. The van der Waals surface area contributed by atoms with Gasteiger partial charge in [-0.2, -0.15) is 0 Å². The van der Waals surface area contributed by atoms with Crippen molar-refractivity contribution in [2.45, 2.75) is 32.8 Å². The lowest BCUT2D eigenvalue weighted by Gasteiger charge is -2.19. The van der Waals surface area contributed by atoms with Gasteiger partial charge in [-0.15, -0.1) is 11.3 Å². The Morgan fingerprint density at radius 3 is 2.63 bits per heavy atom. The zero-order valence-electron chi connectivity index (χ0n) is 10.9. The molecule has 0 saturated heterocycles. The molecule has 1 aromatic rings. The van der Waals surface area contributed by atoms with Crippen LogP contribution >= 0.6 is 27.3 Å². The molecule has 0 spiro atoms. The van der Waals surface area contributed by atoms with Crippen LogP contribution in [-0.2, 0) is 20.7 Å². The monoisotopic (exact) mass is 349 g/mol. The molecule has 5 nitrogen and oxygen atoms in total. The fourth-order valence-electron chi connectivity index (χ4n) is 1.36. The maximum absolute atomic E-state index is 11.6. The molecule has 0 bridgehead atoms. The van der Waals surface area contributed by atoms with Crippen LogP contribution in [0.5, 0.6) is 0 Å². The van der Waals surface area contributed by atoms with Crippen molar-refractivity contribution in [2.24, 2.45) is 0 Å². The summed E-state index contributed by atoms with van der Waals surface area (Å²) in [6.07, 6.45) is -0.0965. The summed E-state index contributed by atoms with van der Waals surface area (Å²) in [7, 11) is 0. The van der Waals surface area contributed by atoms with Gasteiger partial charge in [0, 0.05) is 15.4 Å². The number of carbonyl (C=O) groups is 2. The number of carbonyl (C=O) groups excluding carboxylic acids is 1. The van der Waals surface area contributed by atoms with Gasteiger partial charge in [0.25, 0.3) is 0 Å². The standard InChI is InChI=1S/C12H16BrNO4S/c1-12(2,3)18-10(17)5-14-11-7(4-9(15)16)8(13)6-19-11/h6,14H,4-5H2,1-3H3,(H,15,16). The molecule has 0 saturated carbocycles. The van der Waals surface area contributed by atoms with E-state index in [9.17, 15) is 9.59 Å². The summed E-state index contributed by atoms with van der Waals surface area (Å²) in [5.41, 5.74) is 0.111. The average molecular weight is 350 g/mol. The second-order valence-electron chi connectivity index (χ2n) is 4.90. The van der Waals surface area contributed by atoms with E-state index in [4.69, 9.17) is 9.84 Å². The molecule has 0 amide bonds. The second kappa shape index (κ2) is 6.38. The molecule has 0 aromatic carbocycles. The van der Waals surface area contributed by atoms with Crippen molar-refractivity contribution >= 4 is 44.2 Å². The molecule has 19 heavy (non-hydrogen) atoms. The molecule has 0 radical (unpaired) electrons. The Hall–Kier alpha value is -1.08. The number of esters is 1. The quantitative estimate of drug-likeness (QED) is 0.799. The number of rotatable bonds is 5. The van der Waals surface area contributed by atoms with Gasteiger partial charge in [0.2, 0.25) is 0 Å². The molecular formula is C12H16BrNO4S. The maximum Gasteiger partial charge on any atom is 0.325 e. The number of thiophene rings is 1. The predicted octanol–water partition coefficient (Wildman–Crippen LogP) is 2.89. The van der Waals surface area contributed by atoms with Crippen LogP contribution in [0.2, 0.25) is 0 Å². The van der Waals surface area contributed by atoms with Crippen LogP contribution in [0.4, 0.5) is 5.00 Å². The topological polar surface area (TPSA) is 75.6 Å². The Morgan fingerprint density at radius 2 is 2.11 bits per heavy atom. The van der Waals surface area contributed by atoms with Crippen molar-refractivity contribution < 1.29 is 19.4 Å². The van der Waals surface area contributed by atoms with Crippen molar-refractivity contribution in [3.05, 3.63) is 15.4 Å².